The van der Waals surface area contributed by atoms with Gasteiger partial charge in [-0.05, 0) is 24.1 Å². The van der Waals surface area contributed by atoms with Crippen molar-refractivity contribution in [2.45, 2.75) is 12.1 Å². The van der Waals surface area contributed by atoms with Gasteiger partial charge in [-0.3, -0.25) is 5.32 Å². The number of oxazole rings is 1. The maximum atomic E-state index is 8.59. The van der Waals surface area contributed by atoms with E-state index in [-0.39, 0.29) is 0 Å². The molecule has 5 nitrogen and oxygen atoms in total. The summed E-state index contributed by atoms with van der Waals surface area (Å²) in [6.45, 7) is 2.05. The van der Waals surface area contributed by atoms with Gasteiger partial charge in [0.05, 0.1) is 5.69 Å². The highest BCUT2D eigenvalue weighted by Crippen LogP contribution is 2.26. The van der Waals surface area contributed by atoms with Crippen LogP contribution in [0.4, 0.5) is 5.69 Å². The number of benzene rings is 1. The van der Waals surface area contributed by atoms with Gasteiger partial charge in [-0.15, -0.1) is 0 Å². The standard InChI is InChI=1S/C12H12N4OS2/c1-3-19-12-16-9-5-4-8(6-10(9)17-12)15-11(18-2)14-7-13/h4-6H,3H2,1-2H3,(H,14,15). The molecule has 1 N–H and O–H groups in total. The minimum atomic E-state index is 0.546. The Bertz CT molecular complexity index is 645. The molecule has 0 saturated carbocycles. The number of nitrogens with zero attached hydrogens (tertiary/aromatic N) is 3. The van der Waals surface area contributed by atoms with E-state index < -0.39 is 0 Å². The van der Waals surface area contributed by atoms with Gasteiger partial charge in [-0.2, -0.15) is 5.26 Å². The first kappa shape index (κ1) is 13.8. The Hall–Kier alpha value is -1.65. The predicted octanol–water partition coefficient (Wildman–Crippen LogP) is 3.36. The summed E-state index contributed by atoms with van der Waals surface area (Å²) in [7, 11) is 0. The average Bonchev–Trinajstić information content (AvgIpc) is 2.80. The summed E-state index contributed by atoms with van der Waals surface area (Å²) in [5.74, 6) is 0.917. The van der Waals surface area contributed by atoms with Crippen molar-refractivity contribution in [1.29, 1.82) is 5.26 Å². The van der Waals surface area contributed by atoms with E-state index in [1.165, 1.54) is 11.8 Å². The van der Waals surface area contributed by atoms with Crippen LogP contribution in [-0.2, 0) is 0 Å². The number of fused-ring (bicyclic) bond motifs is 1. The summed E-state index contributed by atoms with van der Waals surface area (Å²) in [6.07, 6.45) is 3.71. The molecule has 19 heavy (non-hydrogen) atoms. The van der Waals surface area contributed by atoms with Crippen LogP contribution in [0.15, 0.2) is 32.8 Å². The zero-order valence-corrected chi connectivity index (χ0v) is 12.1. The molecule has 0 radical (unpaired) electrons. The van der Waals surface area contributed by atoms with Crippen LogP contribution < -0.4 is 5.32 Å². The molecule has 2 rings (SSSR count). The van der Waals surface area contributed by atoms with Crippen molar-refractivity contribution in [3.8, 4) is 6.19 Å². The number of rotatable bonds is 3. The van der Waals surface area contributed by atoms with Crippen molar-refractivity contribution < 1.29 is 4.42 Å². The number of aliphatic imine (C=N–C) groups is 1. The van der Waals surface area contributed by atoms with Crippen molar-refractivity contribution in [2.24, 2.45) is 4.99 Å². The zero-order chi connectivity index (χ0) is 13.7. The van der Waals surface area contributed by atoms with Gasteiger partial charge in [0, 0.05) is 6.07 Å². The van der Waals surface area contributed by atoms with Crippen molar-refractivity contribution in [3.05, 3.63) is 18.2 Å². The first-order valence-electron chi connectivity index (χ1n) is 5.58. The normalized spacial score (nSPS) is 11.5. The Balaban J connectivity index is 2.33. The van der Waals surface area contributed by atoms with Crippen molar-refractivity contribution in [3.63, 3.8) is 0 Å². The summed E-state index contributed by atoms with van der Waals surface area (Å²) in [5, 5.41) is 12.3. The molecule has 2 aromatic rings. The minimum Gasteiger partial charge on any atom is -0.431 e. The van der Waals surface area contributed by atoms with Crippen LogP contribution in [0.3, 0.4) is 0 Å². The summed E-state index contributed by atoms with van der Waals surface area (Å²) in [5.41, 5.74) is 2.24. The number of hydrogen-bond donors (Lipinski definition) is 1. The lowest BCUT2D eigenvalue weighted by atomic mass is 10.3. The fourth-order valence-electron chi connectivity index (χ4n) is 1.44. The molecule has 0 aliphatic rings. The topological polar surface area (TPSA) is 74.2 Å². The number of amidine groups is 1. The zero-order valence-electron chi connectivity index (χ0n) is 10.5. The smallest absolute Gasteiger partial charge is 0.256 e. The predicted molar refractivity (Wildman–Crippen MR) is 79.8 cm³/mol. The summed E-state index contributed by atoms with van der Waals surface area (Å²) >= 11 is 2.93. The van der Waals surface area contributed by atoms with E-state index in [1.54, 1.807) is 11.8 Å². The van der Waals surface area contributed by atoms with Crippen LogP contribution in [0.5, 0.6) is 0 Å². The highest BCUT2D eigenvalue weighted by Gasteiger charge is 2.06. The highest BCUT2D eigenvalue weighted by molar-refractivity contribution is 8.13. The molecule has 1 heterocycles. The van der Waals surface area contributed by atoms with E-state index in [4.69, 9.17) is 9.68 Å². The quantitative estimate of drug-likeness (QED) is 0.307. The molecule has 0 fully saturated rings. The monoisotopic (exact) mass is 292 g/mol. The van der Waals surface area contributed by atoms with E-state index >= 15 is 0 Å². The molecule has 0 aliphatic heterocycles. The third kappa shape index (κ3) is 3.43. The number of nitriles is 1. The lowest BCUT2D eigenvalue weighted by Gasteiger charge is -1.98. The van der Waals surface area contributed by atoms with Crippen LogP contribution >= 0.6 is 23.5 Å². The molecule has 0 saturated heterocycles. The van der Waals surface area contributed by atoms with Crippen LogP contribution in [0.25, 0.3) is 11.1 Å². The number of thioether (sulfide) groups is 2. The van der Waals surface area contributed by atoms with Gasteiger partial charge in [-0.1, -0.05) is 30.4 Å². The molecular formula is C12H12N4OS2. The van der Waals surface area contributed by atoms with E-state index in [0.717, 1.165) is 17.0 Å². The third-order valence-corrected chi connectivity index (χ3v) is 3.50. The molecule has 98 valence electrons. The van der Waals surface area contributed by atoms with Crippen LogP contribution in [0.1, 0.15) is 6.92 Å². The Morgan fingerprint density at radius 2 is 2.42 bits per heavy atom. The van der Waals surface area contributed by atoms with Gasteiger partial charge in [-0.25, -0.2) is 9.98 Å². The van der Waals surface area contributed by atoms with Gasteiger partial charge >= 0.3 is 0 Å². The summed E-state index contributed by atoms with van der Waals surface area (Å²) in [6, 6.07) is 5.53. The number of nitrogens with one attached hydrogen (secondary N) is 1. The maximum Gasteiger partial charge on any atom is 0.256 e. The highest BCUT2D eigenvalue weighted by atomic mass is 32.2. The minimum absolute atomic E-state index is 0.546. The lowest BCUT2D eigenvalue weighted by molar-refractivity contribution is 0.490. The summed E-state index contributed by atoms with van der Waals surface area (Å²) in [4.78, 5) is 8.68. The molecular weight excluding hydrogens is 280 g/mol. The van der Waals surface area contributed by atoms with Gasteiger partial charge in [0.2, 0.25) is 0 Å². The van der Waals surface area contributed by atoms with Gasteiger partial charge in [0.25, 0.3) is 5.22 Å². The van der Waals surface area contributed by atoms with Gasteiger partial charge in [0.15, 0.2) is 16.9 Å². The molecule has 0 aliphatic carbocycles. The average molecular weight is 292 g/mol. The maximum absolute atomic E-state index is 8.59. The number of aromatic nitrogens is 1. The van der Waals surface area contributed by atoms with Crippen molar-refractivity contribution in [1.82, 2.24) is 10.3 Å². The fourth-order valence-corrected chi connectivity index (χ4v) is 2.34. The molecule has 7 heteroatoms. The van der Waals surface area contributed by atoms with E-state index in [2.05, 4.69) is 15.3 Å². The van der Waals surface area contributed by atoms with Gasteiger partial charge < -0.3 is 4.42 Å². The Kier molecular flexibility index (Phi) is 4.71. The van der Waals surface area contributed by atoms with Crippen LogP contribution in [-0.4, -0.2) is 22.2 Å². The second-order valence-corrected chi connectivity index (χ2v) is 5.43. The van der Waals surface area contributed by atoms with Crippen molar-refractivity contribution in [2.75, 3.05) is 12.0 Å². The third-order valence-electron chi connectivity index (χ3n) is 2.21. The number of hydrogen-bond acceptors (Lipinski definition) is 6. The first-order chi connectivity index (χ1) is 9.26. The largest absolute Gasteiger partial charge is 0.431 e. The van der Waals surface area contributed by atoms with E-state index in [0.29, 0.717) is 16.0 Å². The molecule has 0 atom stereocenters. The second-order valence-electron chi connectivity index (χ2n) is 3.42. The fraction of sp³-hybridized carbons (Fsp3) is 0.250. The Labute approximate surface area is 119 Å². The van der Waals surface area contributed by atoms with Crippen molar-refractivity contribution >= 4 is 45.5 Å². The van der Waals surface area contributed by atoms with Crippen LogP contribution in [0, 0.1) is 11.5 Å². The Morgan fingerprint density at radius 3 is 3.11 bits per heavy atom. The van der Waals surface area contributed by atoms with E-state index in [9.17, 15) is 0 Å². The van der Waals surface area contributed by atoms with Gasteiger partial charge in [0.1, 0.15) is 5.52 Å². The molecule has 1 aromatic heterocycles. The molecule has 0 spiro atoms. The van der Waals surface area contributed by atoms with E-state index in [1.807, 2.05) is 37.6 Å². The van der Waals surface area contributed by atoms with Crippen LogP contribution in [0.2, 0.25) is 0 Å². The second kappa shape index (κ2) is 6.50. The Morgan fingerprint density at radius 1 is 1.58 bits per heavy atom. The SMILES string of the molecule is CCSc1nc2ccc(N=C(NC#N)SC)cc2o1. The molecule has 0 amide bonds. The first-order valence-corrected chi connectivity index (χ1v) is 7.79. The molecule has 0 bridgehead atoms. The lowest BCUT2D eigenvalue weighted by Crippen LogP contribution is -2.12. The molecule has 0 unspecified atom stereocenters. The summed E-state index contributed by atoms with van der Waals surface area (Å²) < 4.78 is 5.61. The molecule has 1 aromatic carbocycles.